The van der Waals surface area contributed by atoms with Crippen LogP contribution in [0.25, 0.3) is 0 Å². The van der Waals surface area contributed by atoms with Crippen LogP contribution in [-0.2, 0) is 0 Å². The number of halogens is 2. The van der Waals surface area contributed by atoms with E-state index in [1.54, 1.807) is 0 Å². The first kappa shape index (κ1) is 9.25. The van der Waals surface area contributed by atoms with Gasteiger partial charge in [0.05, 0.1) is 0 Å². The molecule has 2 atom stereocenters. The number of aliphatic hydroxyl groups excluding tert-OH is 2. The van der Waals surface area contributed by atoms with Crippen LogP contribution < -0.4 is 0 Å². The highest BCUT2D eigenvalue weighted by Crippen LogP contribution is 2.37. The molecule has 2 unspecified atom stereocenters. The van der Waals surface area contributed by atoms with Gasteiger partial charge in [0.25, 0.3) is 0 Å². The monoisotopic (exact) mass is 284 g/mol. The maximum Gasteiger partial charge on any atom is 0.184 e. The van der Waals surface area contributed by atoms with Crippen molar-refractivity contribution in [1.29, 1.82) is 0 Å². The molecule has 0 aromatic heterocycles. The maximum atomic E-state index is 9.43. The van der Waals surface area contributed by atoms with Gasteiger partial charge in [0, 0.05) is 4.48 Å². The van der Waals surface area contributed by atoms with E-state index < -0.39 is 10.6 Å². The van der Waals surface area contributed by atoms with E-state index in [0.29, 0.717) is 4.48 Å². The maximum absolute atomic E-state index is 9.43. The molecule has 0 aliphatic heterocycles. The summed E-state index contributed by atoms with van der Waals surface area (Å²) in [5.74, 6) is -0.271. The highest BCUT2D eigenvalue weighted by atomic mass is 79.9. The first-order chi connectivity index (χ1) is 4.96. The molecule has 3 nitrogen and oxygen atoms in total. The van der Waals surface area contributed by atoms with Gasteiger partial charge in [-0.3, -0.25) is 0 Å². The average molecular weight is 286 g/mol. The summed E-state index contributed by atoms with van der Waals surface area (Å²) in [5, 5.41) is 27.6. The lowest BCUT2D eigenvalue weighted by molar-refractivity contribution is 0.0240. The van der Waals surface area contributed by atoms with Gasteiger partial charge >= 0.3 is 0 Å². The zero-order valence-electron chi connectivity index (χ0n) is 5.33. The van der Waals surface area contributed by atoms with Crippen molar-refractivity contribution in [2.45, 2.75) is 10.6 Å². The van der Waals surface area contributed by atoms with Crippen LogP contribution in [-0.4, -0.2) is 25.9 Å². The third-order valence-corrected chi connectivity index (χ3v) is 3.64. The fraction of sp³-hybridized carbons (Fsp3) is 0.333. The predicted octanol–water partition coefficient (Wildman–Crippen LogP) is 1.17. The van der Waals surface area contributed by atoms with Crippen molar-refractivity contribution >= 4 is 31.9 Å². The molecule has 0 saturated carbocycles. The standard InChI is InChI=1S/C6H6Br2O3/c7-4-2-1-3(9)5(10)6(4,8)11/h1-2,5,9-11H. The van der Waals surface area contributed by atoms with E-state index in [4.69, 9.17) is 5.11 Å². The van der Waals surface area contributed by atoms with E-state index in [1.165, 1.54) is 12.2 Å². The second-order valence-corrected chi connectivity index (χ2v) is 4.25. The Labute approximate surface area is 80.3 Å². The Balaban J connectivity index is 3.03. The predicted molar refractivity (Wildman–Crippen MR) is 47.6 cm³/mol. The summed E-state index contributed by atoms with van der Waals surface area (Å²) in [5.41, 5.74) is 0. The molecule has 0 bridgehead atoms. The van der Waals surface area contributed by atoms with Gasteiger partial charge in [0.15, 0.2) is 10.6 Å². The Morgan fingerprint density at radius 1 is 1.45 bits per heavy atom. The summed E-state index contributed by atoms with van der Waals surface area (Å²) in [6.45, 7) is 0. The highest BCUT2D eigenvalue weighted by Gasteiger charge is 2.40. The first-order valence-corrected chi connectivity index (χ1v) is 4.41. The minimum Gasteiger partial charge on any atom is -0.509 e. The van der Waals surface area contributed by atoms with Crippen molar-refractivity contribution in [2.24, 2.45) is 0 Å². The number of allylic oxidation sites excluding steroid dienone is 2. The van der Waals surface area contributed by atoms with Crippen molar-refractivity contribution in [3.63, 3.8) is 0 Å². The van der Waals surface area contributed by atoms with E-state index in [1.807, 2.05) is 0 Å². The van der Waals surface area contributed by atoms with Crippen molar-refractivity contribution in [2.75, 3.05) is 0 Å². The van der Waals surface area contributed by atoms with Gasteiger partial charge in [-0.25, -0.2) is 0 Å². The normalized spacial score (nSPS) is 38.0. The summed E-state index contributed by atoms with van der Waals surface area (Å²) in [6, 6.07) is 0. The van der Waals surface area contributed by atoms with E-state index in [0.717, 1.165) is 0 Å². The second kappa shape index (κ2) is 2.90. The average Bonchev–Trinajstić information content (AvgIpc) is 1.95. The minimum absolute atomic E-state index is 0.271. The number of rotatable bonds is 0. The summed E-state index contributed by atoms with van der Waals surface area (Å²) >= 11 is 5.88. The van der Waals surface area contributed by atoms with Gasteiger partial charge in [0.1, 0.15) is 5.76 Å². The van der Waals surface area contributed by atoms with Crippen LogP contribution in [0.2, 0.25) is 0 Å². The smallest absolute Gasteiger partial charge is 0.184 e. The fourth-order valence-corrected chi connectivity index (χ4v) is 1.41. The number of hydrogen-bond acceptors (Lipinski definition) is 3. The molecule has 0 amide bonds. The molecular weight excluding hydrogens is 280 g/mol. The van der Waals surface area contributed by atoms with Crippen LogP contribution in [0.5, 0.6) is 0 Å². The Morgan fingerprint density at radius 3 is 2.45 bits per heavy atom. The summed E-state index contributed by atoms with van der Waals surface area (Å²) in [7, 11) is 0. The minimum atomic E-state index is -1.61. The molecule has 5 heteroatoms. The Bertz CT molecular complexity index is 232. The van der Waals surface area contributed by atoms with E-state index in [-0.39, 0.29) is 5.76 Å². The SMILES string of the molecule is OC1=CC=C(Br)C(O)(Br)C1O. The zero-order chi connectivity index (χ0) is 8.65. The topological polar surface area (TPSA) is 60.7 Å². The summed E-state index contributed by atoms with van der Waals surface area (Å²) in [6.07, 6.45) is 1.43. The molecule has 0 radical (unpaired) electrons. The molecule has 0 aromatic carbocycles. The fourth-order valence-electron chi connectivity index (χ4n) is 0.693. The van der Waals surface area contributed by atoms with Crippen molar-refractivity contribution in [3.8, 4) is 0 Å². The molecule has 0 spiro atoms. The Hall–Kier alpha value is 0.160. The quantitative estimate of drug-likeness (QED) is 0.586. The van der Waals surface area contributed by atoms with Crippen molar-refractivity contribution in [3.05, 3.63) is 22.4 Å². The van der Waals surface area contributed by atoms with Gasteiger partial charge < -0.3 is 15.3 Å². The Kier molecular flexibility index (Phi) is 2.43. The van der Waals surface area contributed by atoms with Crippen LogP contribution in [0.4, 0.5) is 0 Å². The molecule has 0 aromatic rings. The number of aliphatic hydroxyl groups is 3. The number of hydrogen-bond donors (Lipinski definition) is 3. The first-order valence-electron chi connectivity index (χ1n) is 2.82. The van der Waals surface area contributed by atoms with Crippen molar-refractivity contribution < 1.29 is 15.3 Å². The molecule has 11 heavy (non-hydrogen) atoms. The molecular formula is C6H6Br2O3. The molecule has 1 aliphatic rings. The Morgan fingerprint density at radius 2 is 2.00 bits per heavy atom. The van der Waals surface area contributed by atoms with Gasteiger partial charge in [-0.2, -0.15) is 0 Å². The molecule has 0 heterocycles. The van der Waals surface area contributed by atoms with Crippen LogP contribution in [0, 0.1) is 0 Å². The van der Waals surface area contributed by atoms with Gasteiger partial charge in [0.2, 0.25) is 0 Å². The summed E-state index contributed by atoms with van der Waals surface area (Å²) < 4.78 is -1.23. The van der Waals surface area contributed by atoms with E-state index >= 15 is 0 Å². The largest absolute Gasteiger partial charge is 0.509 e. The lowest BCUT2D eigenvalue weighted by Gasteiger charge is -2.28. The van der Waals surface area contributed by atoms with Gasteiger partial charge in [-0.15, -0.1) is 0 Å². The van der Waals surface area contributed by atoms with Crippen LogP contribution >= 0.6 is 31.9 Å². The van der Waals surface area contributed by atoms with Crippen LogP contribution in [0.15, 0.2) is 22.4 Å². The van der Waals surface area contributed by atoms with Crippen LogP contribution in [0.1, 0.15) is 0 Å². The van der Waals surface area contributed by atoms with Gasteiger partial charge in [-0.05, 0) is 28.1 Å². The molecule has 1 aliphatic carbocycles. The summed E-state index contributed by atoms with van der Waals surface area (Å²) in [4.78, 5) is 0. The van der Waals surface area contributed by atoms with E-state index in [2.05, 4.69) is 31.9 Å². The molecule has 0 fully saturated rings. The zero-order valence-corrected chi connectivity index (χ0v) is 8.50. The highest BCUT2D eigenvalue weighted by molar-refractivity contribution is 9.14. The van der Waals surface area contributed by atoms with Gasteiger partial charge in [-0.1, -0.05) is 15.9 Å². The molecule has 3 N–H and O–H groups in total. The second-order valence-electron chi connectivity index (χ2n) is 2.18. The van der Waals surface area contributed by atoms with Crippen molar-refractivity contribution in [1.82, 2.24) is 0 Å². The third kappa shape index (κ3) is 1.51. The lowest BCUT2D eigenvalue weighted by Crippen LogP contribution is -2.39. The molecule has 62 valence electrons. The van der Waals surface area contributed by atoms with Crippen LogP contribution in [0.3, 0.4) is 0 Å². The molecule has 0 saturated heterocycles. The lowest BCUT2D eigenvalue weighted by atomic mass is 10.1. The number of alkyl halides is 1. The third-order valence-electron chi connectivity index (χ3n) is 1.38. The molecule has 1 rings (SSSR count). The van der Waals surface area contributed by atoms with E-state index in [9.17, 15) is 10.2 Å².